The highest BCUT2D eigenvalue weighted by atomic mass is 79.9. The molecule has 2 rings (SSSR count). The quantitative estimate of drug-likeness (QED) is 0.753. The van der Waals surface area contributed by atoms with Crippen molar-refractivity contribution in [3.8, 4) is 0 Å². The highest BCUT2D eigenvalue weighted by Gasteiger charge is 2.14. The highest BCUT2D eigenvalue weighted by molar-refractivity contribution is 9.10. The average molecular weight is 377 g/mol. The van der Waals surface area contributed by atoms with E-state index in [2.05, 4.69) is 21.2 Å². The van der Waals surface area contributed by atoms with Crippen LogP contribution in [0.1, 0.15) is 17.2 Å². The largest absolute Gasteiger partial charge is 0.313 e. The van der Waals surface area contributed by atoms with E-state index in [0.29, 0.717) is 11.4 Å². The van der Waals surface area contributed by atoms with Crippen LogP contribution in [0.15, 0.2) is 40.9 Å². The monoisotopic (exact) mass is 375 g/mol. The fraction of sp³-hybridized carbons (Fsp3) is 0.200. The molecule has 0 aliphatic carbocycles. The van der Waals surface area contributed by atoms with Crippen molar-refractivity contribution in [1.29, 1.82) is 0 Å². The Bertz CT molecular complexity index is 619. The van der Waals surface area contributed by atoms with E-state index in [1.165, 1.54) is 6.07 Å². The normalized spacial score (nSPS) is 12.4. The molecule has 2 aromatic carbocycles. The SMILES string of the molecule is CNC(Cc1ccc(F)c(Cl)c1)c1cc(Cl)ccc1Br. The summed E-state index contributed by atoms with van der Waals surface area (Å²) < 4.78 is 14.2. The molecular weight excluding hydrogens is 364 g/mol. The zero-order valence-corrected chi connectivity index (χ0v) is 13.9. The maximum atomic E-state index is 13.2. The predicted octanol–water partition coefficient (Wildman–Crippen LogP) is 5.40. The summed E-state index contributed by atoms with van der Waals surface area (Å²) in [5, 5.41) is 4.07. The molecule has 1 N–H and O–H groups in total. The molecule has 0 spiro atoms. The van der Waals surface area contributed by atoms with E-state index in [0.717, 1.165) is 15.6 Å². The number of nitrogens with one attached hydrogen (secondary N) is 1. The Morgan fingerprint density at radius 1 is 1.20 bits per heavy atom. The topological polar surface area (TPSA) is 12.0 Å². The van der Waals surface area contributed by atoms with Gasteiger partial charge in [0.25, 0.3) is 0 Å². The van der Waals surface area contributed by atoms with Gasteiger partial charge in [0.2, 0.25) is 0 Å². The van der Waals surface area contributed by atoms with E-state index in [9.17, 15) is 4.39 Å². The van der Waals surface area contributed by atoms with Gasteiger partial charge in [-0.2, -0.15) is 0 Å². The molecule has 0 bridgehead atoms. The molecule has 0 radical (unpaired) electrons. The molecular formula is C15H13BrCl2FN. The second kappa shape index (κ2) is 6.90. The summed E-state index contributed by atoms with van der Waals surface area (Å²) in [6.07, 6.45) is 0.690. The van der Waals surface area contributed by atoms with Gasteiger partial charge in [-0.1, -0.05) is 45.2 Å². The Hall–Kier alpha value is -0.610. The summed E-state index contributed by atoms with van der Waals surface area (Å²) in [5.74, 6) is -0.402. The minimum absolute atomic E-state index is 0.0598. The number of benzene rings is 2. The third-order valence-electron chi connectivity index (χ3n) is 3.11. The van der Waals surface area contributed by atoms with E-state index < -0.39 is 5.82 Å². The maximum Gasteiger partial charge on any atom is 0.141 e. The fourth-order valence-corrected chi connectivity index (χ4v) is 2.96. The van der Waals surface area contributed by atoms with Gasteiger partial charge in [0, 0.05) is 15.5 Å². The molecule has 0 heterocycles. The minimum atomic E-state index is -0.402. The Kier molecular flexibility index (Phi) is 5.44. The molecule has 5 heteroatoms. The number of likely N-dealkylation sites (N-methyl/N-ethyl adjacent to an activating group) is 1. The van der Waals surface area contributed by atoms with Gasteiger partial charge in [-0.05, 0) is 54.9 Å². The van der Waals surface area contributed by atoms with Crippen LogP contribution in [0.2, 0.25) is 10.0 Å². The van der Waals surface area contributed by atoms with Crippen molar-refractivity contribution in [3.63, 3.8) is 0 Å². The first-order chi connectivity index (χ1) is 9.51. The Morgan fingerprint density at radius 3 is 2.60 bits per heavy atom. The minimum Gasteiger partial charge on any atom is -0.313 e. The molecule has 1 atom stereocenters. The third kappa shape index (κ3) is 3.73. The number of hydrogen-bond donors (Lipinski definition) is 1. The van der Waals surface area contributed by atoms with Gasteiger partial charge in [0.15, 0.2) is 0 Å². The van der Waals surface area contributed by atoms with Crippen LogP contribution in [-0.2, 0) is 6.42 Å². The fourth-order valence-electron chi connectivity index (χ4n) is 2.05. The zero-order valence-electron chi connectivity index (χ0n) is 10.8. The van der Waals surface area contributed by atoms with Crippen molar-refractivity contribution in [2.45, 2.75) is 12.5 Å². The molecule has 106 valence electrons. The van der Waals surface area contributed by atoms with Crippen LogP contribution in [-0.4, -0.2) is 7.05 Å². The van der Waals surface area contributed by atoms with Crippen molar-refractivity contribution in [2.24, 2.45) is 0 Å². The smallest absolute Gasteiger partial charge is 0.141 e. The van der Waals surface area contributed by atoms with Crippen molar-refractivity contribution in [3.05, 3.63) is 67.9 Å². The van der Waals surface area contributed by atoms with E-state index in [-0.39, 0.29) is 11.1 Å². The lowest BCUT2D eigenvalue weighted by atomic mass is 9.99. The van der Waals surface area contributed by atoms with Gasteiger partial charge in [0.1, 0.15) is 5.82 Å². The summed E-state index contributed by atoms with van der Waals surface area (Å²) in [6, 6.07) is 10.5. The second-order valence-corrected chi connectivity index (χ2v) is 6.16. The first-order valence-electron chi connectivity index (χ1n) is 6.07. The van der Waals surface area contributed by atoms with Crippen molar-refractivity contribution >= 4 is 39.1 Å². The van der Waals surface area contributed by atoms with Gasteiger partial charge in [-0.15, -0.1) is 0 Å². The molecule has 1 nitrogen and oxygen atoms in total. The second-order valence-electron chi connectivity index (χ2n) is 4.46. The molecule has 0 saturated heterocycles. The average Bonchev–Trinajstić information content (AvgIpc) is 2.43. The Morgan fingerprint density at radius 2 is 1.95 bits per heavy atom. The van der Waals surface area contributed by atoms with Crippen LogP contribution >= 0.6 is 39.1 Å². The van der Waals surface area contributed by atoms with Gasteiger partial charge in [-0.25, -0.2) is 4.39 Å². The first kappa shape index (κ1) is 15.8. The lowest BCUT2D eigenvalue weighted by Crippen LogP contribution is -2.19. The van der Waals surface area contributed by atoms with E-state index in [1.54, 1.807) is 12.1 Å². The van der Waals surface area contributed by atoms with Crippen LogP contribution in [0.5, 0.6) is 0 Å². The van der Waals surface area contributed by atoms with E-state index in [1.807, 2.05) is 25.2 Å². The molecule has 2 aromatic rings. The summed E-state index contributed by atoms with van der Waals surface area (Å²) >= 11 is 15.4. The van der Waals surface area contributed by atoms with Crippen LogP contribution in [0.3, 0.4) is 0 Å². The molecule has 0 fully saturated rings. The number of halogens is 4. The molecule has 20 heavy (non-hydrogen) atoms. The Balaban J connectivity index is 2.28. The number of hydrogen-bond acceptors (Lipinski definition) is 1. The third-order valence-corrected chi connectivity index (χ3v) is 4.35. The summed E-state index contributed by atoms with van der Waals surface area (Å²) in [6.45, 7) is 0. The van der Waals surface area contributed by atoms with E-state index >= 15 is 0 Å². The molecule has 0 saturated carbocycles. The van der Waals surface area contributed by atoms with Crippen molar-refractivity contribution in [2.75, 3.05) is 7.05 Å². The molecule has 0 aliphatic rings. The van der Waals surface area contributed by atoms with E-state index in [4.69, 9.17) is 23.2 Å². The molecule has 0 aliphatic heterocycles. The molecule has 0 amide bonds. The zero-order chi connectivity index (χ0) is 14.7. The summed E-state index contributed by atoms with van der Waals surface area (Å²) in [5.41, 5.74) is 2.02. The Labute approximate surface area is 136 Å². The van der Waals surface area contributed by atoms with Crippen LogP contribution in [0, 0.1) is 5.82 Å². The van der Waals surface area contributed by atoms with Crippen molar-refractivity contribution in [1.82, 2.24) is 5.32 Å². The summed E-state index contributed by atoms with van der Waals surface area (Å²) in [4.78, 5) is 0. The lowest BCUT2D eigenvalue weighted by molar-refractivity contribution is 0.587. The summed E-state index contributed by atoms with van der Waals surface area (Å²) in [7, 11) is 1.88. The van der Waals surface area contributed by atoms with Gasteiger partial charge in [0.05, 0.1) is 5.02 Å². The predicted molar refractivity (Wildman–Crippen MR) is 86.1 cm³/mol. The van der Waals surface area contributed by atoms with Crippen LogP contribution in [0.4, 0.5) is 4.39 Å². The lowest BCUT2D eigenvalue weighted by Gasteiger charge is -2.19. The maximum absolute atomic E-state index is 13.2. The first-order valence-corrected chi connectivity index (χ1v) is 7.62. The van der Waals surface area contributed by atoms with Gasteiger partial charge >= 0.3 is 0 Å². The van der Waals surface area contributed by atoms with Crippen molar-refractivity contribution < 1.29 is 4.39 Å². The van der Waals surface area contributed by atoms with Gasteiger partial charge < -0.3 is 5.32 Å². The van der Waals surface area contributed by atoms with Crippen LogP contribution in [0.25, 0.3) is 0 Å². The molecule has 0 aromatic heterocycles. The van der Waals surface area contributed by atoms with Crippen LogP contribution < -0.4 is 5.32 Å². The molecule has 1 unspecified atom stereocenters. The standard InChI is InChI=1S/C15H13BrCl2FN/c1-20-15(11-8-10(17)3-4-12(11)16)7-9-2-5-14(19)13(18)6-9/h2-6,8,15,20H,7H2,1H3. The number of rotatable bonds is 4. The van der Waals surface area contributed by atoms with Gasteiger partial charge in [-0.3, -0.25) is 0 Å². The highest BCUT2D eigenvalue weighted by Crippen LogP contribution is 2.29.